The number of anilines is 1. The standard InChI is InChI=1S/C11H16N2O3S/c1-3-11(4-2,9(15)16)7-8(14)13-10-12-5-6-17-10/h5-6H,3-4,7H2,1-2H3,(H,15,16)(H,12,13,14). The maximum atomic E-state index is 11.7. The maximum Gasteiger partial charge on any atom is 0.310 e. The van der Waals surface area contributed by atoms with E-state index in [2.05, 4.69) is 10.3 Å². The lowest BCUT2D eigenvalue weighted by Crippen LogP contribution is -2.34. The van der Waals surface area contributed by atoms with Gasteiger partial charge in [0, 0.05) is 18.0 Å². The third kappa shape index (κ3) is 3.26. The molecule has 0 radical (unpaired) electrons. The number of thiazole rings is 1. The first-order valence-corrected chi connectivity index (χ1v) is 6.34. The van der Waals surface area contributed by atoms with E-state index in [0.717, 1.165) is 0 Å². The number of aromatic nitrogens is 1. The van der Waals surface area contributed by atoms with Crippen LogP contribution in [0.1, 0.15) is 33.1 Å². The van der Waals surface area contributed by atoms with Gasteiger partial charge in [0.1, 0.15) is 0 Å². The number of rotatable bonds is 6. The normalized spacial score (nSPS) is 11.2. The first-order valence-electron chi connectivity index (χ1n) is 5.47. The lowest BCUT2D eigenvalue weighted by Gasteiger charge is -2.25. The van der Waals surface area contributed by atoms with Crippen molar-refractivity contribution in [3.05, 3.63) is 11.6 Å². The Bertz CT molecular complexity index is 385. The van der Waals surface area contributed by atoms with Crippen molar-refractivity contribution in [3.8, 4) is 0 Å². The summed E-state index contributed by atoms with van der Waals surface area (Å²) in [6.07, 6.45) is 2.44. The quantitative estimate of drug-likeness (QED) is 0.819. The Kier molecular flexibility index (Phi) is 4.62. The molecule has 0 unspecified atom stereocenters. The molecule has 0 atom stereocenters. The monoisotopic (exact) mass is 256 g/mol. The van der Waals surface area contributed by atoms with Crippen molar-refractivity contribution < 1.29 is 14.7 Å². The highest BCUT2D eigenvalue weighted by atomic mass is 32.1. The Hall–Kier alpha value is -1.43. The van der Waals surface area contributed by atoms with Gasteiger partial charge in [0.2, 0.25) is 5.91 Å². The number of hydrogen-bond donors (Lipinski definition) is 2. The molecule has 1 amide bonds. The van der Waals surface area contributed by atoms with Gasteiger partial charge in [0.25, 0.3) is 0 Å². The van der Waals surface area contributed by atoms with Gasteiger partial charge in [0.15, 0.2) is 5.13 Å². The van der Waals surface area contributed by atoms with Crippen LogP contribution in [0.4, 0.5) is 5.13 Å². The van der Waals surface area contributed by atoms with E-state index >= 15 is 0 Å². The molecule has 2 N–H and O–H groups in total. The number of carbonyl (C=O) groups is 2. The molecule has 94 valence electrons. The van der Waals surface area contributed by atoms with Crippen molar-refractivity contribution in [1.29, 1.82) is 0 Å². The smallest absolute Gasteiger partial charge is 0.310 e. The SMILES string of the molecule is CCC(CC)(CC(=O)Nc1nccs1)C(=O)O. The minimum absolute atomic E-state index is 0.0189. The Morgan fingerprint density at radius 2 is 2.12 bits per heavy atom. The molecule has 17 heavy (non-hydrogen) atoms. The molecule has 1 rings (SSSR count). The lowest BCUT2D eigenvalue weighted by atomic mass is 9.79. The molecule has 1 aromatic rings. The highest BCUT2D eigenvalue weighted by Crippen LogP contribution is 2.31. The van der Waals surface area contributed by atoms with Crippen molar-refractivity contribution in [1.82, 2.24) is 4.98 Å². The number of aliphatic carboxylic acids is 1. The molecule has 0 fully saturated rings. The van der Waals surface area contributed by atoms with Gasteiger partial charge in [0.05, 0.1) is 5.41 Å². The van der Waals surface area contributed by atoms with Crippen molar-refractivity contribution >= 4 is 28.3 Å². The summed E-state index contributed by atoms with van der Waals surface area (Å²) in [6, 6.07) is 0. The van der Waals surface area contributed by atoms with E-state index in [-0.39, 0.29) is 12.3 Å². The van der Waals surface area contributed by atoms with Crippen LogP contribution < -0.4 is 5.32 Å². The lowest BCUT2D eigenvalue weighted by molar-refractivity contribution is -0.151. The van der Waals surface area contributed by atoms with Gasteiger partial charge < -0.3 is 10.4 Å². The van der Waals surface area contributed by atoms with Gasteiger partial charge in [-0.3, -0.25) is 9.59 Å². The number of carbonyl (C=O) groups excluding carboxylic acids is 1. The number of nitrogens with one attached hydrogen (secondary N) is 1. The number of nitrogens with zero attached hydrogens (tertiary/aromatic N) is 1. The molecule has 0 saturated heterocycles. The van der Waals surface area contributed by atoms with Gasteiger partial charge in [-0.2, -0.15) is 0 Å². The van der Waals surface area contributed by atoms with Crippen LogP contribution in [0.15, 0.2) is 11.6 Å². The number of carboxylic acid groups (broad SMARTS) is 1. The summed E-state index contributed by atoms with van der Waals surface area (Å²) in [7, 11) is 0. The Morgan fingerprint density at radius 3 is 2.53 bits per heavy atom. The minimum Gasteiger partial charge on any atom is -0.481 e. The number of carboxylic acids is 1. The third-order valence-electron chi connectivity index (χ3n) is 2.98. The highest BCUT2D eigenvalue weighted by molar-refractivity contribution is 7.13. The average molecular weight is 256 g/mol. The summed E-state index contributed by atoms with van der Waals surface area (Å²) in [5, 5.41) is 14.1. The average Bonchev–Trinajstić information content (AvgIpc) is 2.78. The topological polar surface area (TPSA) is 79.3 Å². The Morgan fingerprint density at radius 1 is 1.47 bits per heavy atom. The van der Waals surface area contributed by atoms with Gasteiger partial charge in [-0.05, 0) is 12.8 Å². The fraction of sp³-hybridized carbons (Fsp3) is 0.545. The van der Waals surface area contributed by atoms with E-state index in [4.69, 9.17) is 0 Å². The molecule has 0 bridgehead atoms. The molecule has 0 saturated carbocycles. The number of amides is 1. The predicted octanol–water partition coefficient (Wildman–Crippen LogP) is 2.36. The van der Waals surface area contributed by atoms with Crippen LogP contribution >= 0.6 is 11.3 Å². The van der Waals surface area contributed by atoms with Crippen LogP contribution in [0.3, 0.4) is 0 Å². The van der Waals surface area contributed by atoms with Gasteiger partial charge in [-0.25, -0.2) is 4.98 Å². The van der Waals surface area contributed by atoms with Crippen molar-refractivity contribution in [2.45, 2.75) is 33.1 Å². The fourth-order valence-electron chi connectivity index (χ4n) is 1.63. The van der Waals surface area contributed by atoms with Gasteiger partial charge in [-0.1, -0.05) is 13.8 Å². The zero-order valence-electron chi connectivity index (χ0n) is 9.90. The van der Waals surface area contributed by atoms with Crippen LogP contribution in [-0.4, -0.2) is 22.0 Å². The van der Waals surface area contributed by atoms with E-state index in [1.807, 2.05) is 0 Å². The molecule has 0 aromatic carbocycles. The largest absolute Gasteiger partial charge is 0.481 e. The summed E-state index contributed by atoms with van der Waals surface area (Å²) in [5.74, 6) is -1.22. The molecule has 1 heterocycles. The summed E-state index contributed by atoms with van der Waals surface area (Å²) < 4.78 is 0. The second-order valence-corrected chi connectivity index (χ2v) is 4.75. The molecular weight excluding hydrogens is 240 g/mol. The molecule has 6 heteroatoms. The molecular formula is C11H16N2O3S. The van der Waals surface area contributed by atoms with E-state index in [0.29, 0.717) is 18.0 Å². The summed E-state index contributed by atoms with van der Waals surface area (Å²) in [4.78, 5) is 26.9. The molecule has 1 aromatic heterocycles. The third-order valence-corrected chi connectivity index (χ3v) is 3.67. The fourth-order valence-corrected chi connectivity index (χ4v) is 2.18. The Balaban J connectivity index is 2.68. The second-order valence-electron chi connectivity index (χ2n) is 3.85. The zero-order chi connectivity index (χ0) is 12.9. The highest BCUT2D eigenvalue weighted by Gasteiger charge is 2.37. The molecule has 0 aliphatic rings. The molecule has 5 nitrogen and oxygen atoms in total. The van der Waals surface area contributed by atoms with Crippen LogP contribution in [0.25, 0.3) is 0 Å². The summed E-state index contributed by atoms with van der Waals surface area (Å²) in [6.45, 7) is 3.57. The maximum absolute atomic E-state index is 11.7. The van der Waals surface area contributed by atoms with E-state index in [1.54, 1.807) is 25.4 Å². The van der Waals surface area contributed by atoms with Crippen LogP contribution in [0.2, 0.25) is 0 Å². The van der Waals surface area contributed by atoms with Gasteiger partial charge >= 0.3 is 5.97 Å². The molecule has 0 aliphatic heterocycles. The number of hydrogen-bond acceptors (Lipinski definition) is 4. The molecule has 0 aliphatic carbocycles. The molecule has 0 spiro atoms. The van der Waals surface area contributed by atoms with Crippen molar-refractivity contribution in [3.63, 3.8) is 0 Å². The van der Waals surface area contributed by atoms with Gasteiger partial charge in [-0.15, -0.1) is 11.3 Å². The first kappa shape index (κ1) is 13.6. The van der Waals surface area contributed by atoms with E-state index in [1.165, 1.54) is 11.3 Å². The Labute approximate surface area is 104 Å². The zero-order valence-corrected chi connectivity index (χ0v) is 10.7. The van der Waals surface area contributed by atoms with Crippen LogP contribution in [0, 0.1) is 5.41 Å². The summed E-state index contributed by atoms with van der Waals surface area (Å²) in [5.41, 5.74) is -0.971. The first-order chi connectivity index (χ1) is 8.04. The van der Waals surface area contributed by atoms with Crippen LogP contribution in [-0.2, 0) is 9.59 Å². The predicted molar refractivity (Wildman–Crippen MR) is 66.0 cm³/mol. The van der Waals surface area contributed by atoms with E-state index in [9.17, 15) is 14.7 Å². The van der Waals surface area contributed by atoms with Crippen molar-refractivity contribution in [2.24, 2.45) is 5.41 Å². The van der Waals surface area contributed by atoms with Crippen LogP contribution in [0.5, 0.6) is 0 Å². The minimum atomic E-state index is -0.971. The van der Waals surface area contributed by atoms with E-state index < -0.39 is 11.4 Å². The second kappa shape index (κ2) is 5.77. The van der Waals surface area contributed by atoms with Crippen molar-refractivity contribution in [2.75, 3.05) is 5.32 Å². The summed E-state index contributed by atoms with van der Waals surface area (Å²) >= 11 is 1.31.